The Balaban J connectivity index is 1.53. The molecule has 0 unspecified atom stereocenters. The number of nitrogens with one attached hydrogen (secondary N) is 2. The standard InChI is InChI=1S/C27H38Cl2N2O2/c1-2-3-4-5-6-7-8-9-10-11-16-30-27(32)24-14-12-22(13-15-24)20-31-33-21-23-17-25(28)19-26(29)18-23/h12-15,17-19,31H,2-11,16,20-21H2,1H3,(H,30,32). The molecule has 0 spiro atoms. The Morgan fingerprint density at radius 2 is 1.36 bits per heavy atom. The number of rotatable bonds is 17. The maximum absolute atomic E-state index is 12.3. The third kappa shape index (κ3) is 12.4. The lowest BCUT2D eigenvalue weighted by atomic mass is 10.1. The quantitative estimate of drug-likeness (QED) is 0.174. The minimum absolute atomic E-state index is 0.0143. The van der Waals surface area contributed by atoms with Crippen molar-refractivity contribution in [2.45, 2.75) is 84.3 Å². The Morgan fingerprint density at radius 1 is 0.788 bits per heavy atom. The average Bonchev–Trinajstić information content (AvgIpc) is 2.80. The monoisotopic (exact) mass is 492 g/mol. The summed E-state index contributed by atoms with van der Waals surface area (Å²) in [4.78, 5) is 17.8. The van der Waals surface area contributed by atoms with Crippen LogP contribution in [0, 0.1) is 0 Å². The summed E-state index contributed by atoms with van der Waals surface area (Å²) < 4.78 is 0. The molecule has 0 bridgehead atoms. The molecule has 2 N–H and O–H groups in total. The van der Waals surface area contributed by atoms with E-state index in [-0.39, 0.29) is 5.91 Å². The molecule has 1 amide bonds. The van der Waals surface area contributed by atoms with Gasteiger partial charge in [0.15, 0.2) is 0 Å². The van der Waals surface area contributed by atoms with Crippen molar-refractivity contribution in [1.82, 2.24) is 10.8 Å². The Morgan fingerprint density at radius 3 is 1.97 bits per heavy atom. The van der Waals surface area contributed by atoms with E-state index < -0.39 is 0 Å². The minimum Gasteiger partial charge on any atom is -0.352 e. The van der Waals surface area contributed by atoms with Gasteiger partial charge in [-0.15, -0.1) is 0 Å². The highest BCUT2D eigenvalue weighted by Crippen LogP contribution is 2.19. The summed E-state index contributed by atoms with van der Waals surface area (Å²) in [7, 11) is 0. The van der Waals surface area contributed by atoms with Gasteiger partial charge in [-0.2, -0.15) is 5.48 Å². The number of hydrogen-bond donors (Lipinski definition) is 2. The Hall–Kier alpha value is -1.59. The van der Waals surface area contributed by atoms with Gasteiger partial charge in [0.1, 0.15) is 0 Å². The van der Waals surface area contributed by atoms with Crippen molar-refractivity contribution in [3.63, 3.8) is 0 Å². The summed E-state index contributed by atoms with van der Waals surface area (Å²) in [5.41, 5.74) is 5.54. The van der Waals surface area contributed by atoms with Crippen molar-refractivity contribution < 1.29 is 9.63 Å². The summed E-state index contributed by atoms with van der Waals surface area (Å²) >= 11 is 12.0. The topological polar surface area (TPSA) is 50.4 Å². The van der Waals surface area contributed by atoms with E-state index >= 15 is 0 Å². The third-order valence-corrected chi connectivity index (χ3v) is 6.01. The van der Waals surface area contributed by atoms with E-state index in [0.29, 0.717) is 28.8 Å². The molecule has 6 heteroatoms. The molecule has 0 aliphatic heterocycles. The molecule has 2 rings (SSSR count). The summed E-state index contributed by atoms with van der Waals surface area (Å²) in [6.07, 6.45) is 12.9. The predicted molar refractivity (Wildman–Crippen MR) is 139 cm³/mol. The summed E-state index contributed by atoms with van der Waals surface area (Å²) in [5.74, 6) is -0.0143. The molecular weight excluding hydrogens is 455 g/mol. The van der Waals surface area contributed by atoms with E-state index in [1.807, 2.05) is 36.4 Å². The van der Waals surface area contributed by atoms with Gasteiger partial charge in [0.2, 0.25) is 0 Å². The SMILES string of the molecule is CCCCCCCCCCCCNC(=O)c1ccc(CNOCc2cc(Cl)cc(Cl)c2)cc1. The highest BCUT2D eigenvalue weighted by atomic mass is 35.5. The van der Waals surface area contributed by atoms with Crippen LogP contribution in [-0.4, -0.2) is 12.5 Å². The molecule has 0 aliphatic carbocycles. The van der Waals surface area contributed by atoms with Crippen LogP contribution in [0.4, 0.5) is 0 Å². The van der Waals surface area contributed by atoms with Gasteiger partial charge < -0.3 is 5.32 Å². The lowest BCUT2D eigenvalue weighted by Gasteiger charge is -2.08. The van der Waals surface area contributed by atoms with Crippen molar-refractivity contribution in [3.8, 4) is 0 Å². The second kappa shape index (κ2) is 16.9. The number of benzene rings is 2. The average molecular weight is 494 g/mol. The molecule has 2 aromatic carbocycles. The van der Waals surface area contributed by atoms with Crippen LogP contribution in [0.3, 0.4) is 0 Å². The molecule has 0 fully saturated rings. The van der Waals surface area contributed by atoms with Crippen LogP contribution < -0.4 is 10.8 Å². The van der Waals surface area contributed by atoms with Gasteiger partial charge in [-0.25, -0.2) is 0 Å². The number of carbonyl (C=O) groups excluding carboxylic acids is 1. The molecule has 2 aromatic rings. The van der Waals surface area contributed by atoms with Crippen LogP contribution in [-0.2, 0) is 18.0 Å². The summed E-state index contributed by atoms with van der Waals surface area (Å²) in [6.45, 7) is 3.89. The maximum Gasteiger partial charge on any atom is 0.251 e. The number of hydroxylamine groups is 1. The Labute approximate surface area is 209 Å². The molecule has 0 atom stereocenters. The van der Waals surface area contributed by atoms with Gasteiger partial charge in [0, 0.05) is 28.7 Å². The van der Waals surface area contributed by atoms with Crippen molar-refractivity contribution >= 4 is 29.1 Å². The number of unbranched alkanes of at least 4 members (excludes halogenated alkanes) is 9. The number of halogens is 2. The van der Waals surface area contributed by atoms with Gasteiger partial charge in [0.05, 0.1) is 6.61 Å². The number of hydrogen-bond acceptors (Lipinski definition) is 3. The molecule has 0 saturated carbocycles. The van der Waals surface area contributed by atoms with E-state index in [9.17, 15) is 4.79 Å². The molecule has 182 valence electrons. The maximum atomic E-state index is 12.3. The highest BCUT2D eigenvalue weighted by Gasteiger charge is 2.05. The summed E-state index contributed by atoms with van der Waals surface area (Å²) in [5, 5.41) is 4.19. The minimum atomic E-state index is -0.0143. The molecule has 0 heterocycles. The second-order valence-electron chi connectivity index (χ2n) is 8.52. The first-order valence-electron chi connectivity index (χ1n) is 12.2. The molecule has 4 nitrogen and oxygen atoms in total. The van der Waals surface area contributed by atoms with Gasteiger partial charge in [-0.1, -0.05) is 100 Å². The fourth-order valence-electron chi connectivity index (χ4n) is 3.65. The van der Waals surface area contributed by atoms with Crippen molar-refractivity contribution in [2.75, 3.05) is 6.54 Å². The zero-order chi connectivity index (χ0) is 23.7. The lowest BCUT2D eigenvalue weighted by Crippen LogP contribution is -2.24. The van der Waals surface area contributed by atoms with Crippen LogP contribution >= 0.6 is 23.2 Å². The third-order valence-electron chi connectivity index (χ3n) is 5.57. The Bertz CT molecular complexity index is 792. The van der Waals surface area contributed by atoms with Crippen LogP contribution in [0.15, 0.2) is 42.5 Å². The van der Waals surface area contributed by atoms with E-state index in [0.717, 1.165) is 24.1 Å². The molecule has 33 heavy (non-hydrogen) atoms. The van der Waals surface area contributed by atoms with E-state index in [1.165, 1.54) is 57.8 Å². The van der Waals surface area contributed by atoms with Crippen LogP contribution in [0.1, 0.15) is 92.6 Å². The smallest absolute Gasteiger partial charge is 0.251 e. The normalized spacial score (nSPS) is 11.0. The first-order valence-corrected chi connectivity index (χ1v) is 13.0. The molecule has 0 aromatic heterocycles. The van der Waals surface area contributed by atoms with Gasteiger partial charge in [0.25, 0.3) is 5.91 Å². The molecule has 0 saturated heterocycles. The summed E-state index contributed by atoms with van der Waals surface area (Å²) in [6, 6.07) is 12.9. The Kier molecular flexibility index (Phi) is 14.2. The van der Waals surface area contributed by atoms with Crippen molar-refractivity contribution in [2.24, 2.45) is 0 Å². The number of carbonyl (C=O) groups is 1. The van der Waals surface area contributed by atoms with Crippen LogP contribution in [0.5, 0.6) is 0 Å². The predicted octanol–water partition coefficient (Wildman–Crippen LogP) is 7.87. The zero-order valence-corrected chi connectivity index (χ0v) is 21.3. The van der Waals surface area contributed by atoms with Gasteiger partial charge in [-0.3, -0.25) is 9.63 Å². The molecule has 0 radical (unpaired) electrons. The first-order chi connectivity index (χ1) is 16.1. The fraction of sp³-hybridized carbons (Fsp3) is 0.519. The fourth-order valence-corrected chi connectivity index (χ4v) is 4.22. The largest absolute Gasteiger partial charge is 0.352 e. The van der Waals surface area contributed by atoms with Gasteiger partial charge in [-0.05, 0) is 47.9 Å². The van der Waals surface area contributed by atoms with Gasteiger partial charge >= 0.3 is 0 Å². The van der Waals surface area contributed by atoms with Crippen molar-refractivity contribution in [3.05, 3.63) is 69.2 Å². The molecular formula is C27H38Cl2N2O2. The second-order valence-corrected chi connectivity index (χ2v) is 9.40. The number of amides is 1. The van der Waals surface area contributed by atoms with Crippen LogP contribution in [0.25, 0.3) is 0 Å². The van der Waals surface area contributed by atoms with E-state index in [4.69, 9.17) is 28.0 Å². The zero-order valence-electron chi connectivity index (χ0n) is 19.8. The lowest BCUT2D eigenvalue weighted by molar-refractivity contribution is 0.0235. The highest BCUT2D eigenvalue weighted by molar-refractivity contribution is 6.34. The van der Waals surface area contributed by atoms with E-state index in [2.05, 4.69) is 17.7 Å². The van der Waals surface area contributed by atoms with E-state index in [1.54, 1.807) is 6.07 Å². The van der Waals surface area contributed by atoms with Crippen LogP contribution in [0.2, 0.25) is 10.0 Å². The van der Waals surface area contributed by atoms with Crippen molar-refractivity contribution in [1.29, 1.82) is 0 Å². The molecule has 0 aliphatic rings. The first kappa shape index (κ1) is 27.7.